The summed E-state index contributed by atoms with van der Waals surface area (Å²) >= 11 is 0. The lowest BCUT2D eigenvalue weighted by Crippen LogP contribution is -2.09. The van der Waals surface area contributed by atoms with Crippen LogP contribution >= 0.6 is 0 Å². The highest BCUT2D eigenvalue weighted by molar-refractivity contribution is 5.87. The predicted molar refractivity (Wildman–Crippen MR) is 94.6 cm³/mol. The Morgan fingerprint density at radius 2 is 1.57 bits per heavy atom. The van der Waals surface area contributed by atoms with E-state index in [9.17, 15) is 9.90 Å². The van der Waals surface area contributed by atoms with Crippen LogP contribution in [0.5, 0.6) is 5.75 Å². The second-order valence-corrected chi connectivity index (χ2v) is 5.85. The molecule has 1 aromatic rings. The zero-order valence-electron chi connectivity index (χ0n) is 14.5. The van der Waals surface area contributed by atoms with Crippen LogP contribution in [0.1, 0.15) is 71.6 Å². The van der Waals surface area contributed by atoms with Crippen molar-refractivity contribution in [2.24, 2.45) is 0 Å². The van der Waals surface area contributed by atoms with Crippen molar-refractivity contribution in [2.75, 3.05) is 0 Å². The molecule has 3 heteroatoms. The van der Waals surface area contributed by atoms with E-state index < -0.39 is 5.97 Å². The highest BCUT2D eigenvalue weighted by Gasteiger charge is 2.15. The first-order chi connectivity index (χ1) is 11.2. The number of aliphatic carboxylic acids is 1. The second-order valence-electron chi connectivity index (χ2n) is 5.85. The summed E-state index contributed by atoms with van der Waals surface area (Å²) in [6, 6.07) is 9.39. The smallest absolute Gasteiger partial charge is 0.334 e. The van der Waals surface area contributed by atoms with Crippen LogP contribution in [0.25, 0.3) is 0 Å². The van der Waals surface area contributed by atoms with Gasteiger partial charge in [-0.15, -0.1) is 0 Å². The molecular formula is C20H30O3. The van der Waals surface area contributed by atoms with Crippen molar-refractivity contribution >= 4 is 5.97 Å². The minimum Gasteiger partial charge on any atom is -0.478 e. The molecule has 0 bridgehead atoms. The maximum absolute atomic E-state index is 11.6. The van der Waals surface area contributed by atoms with Gasteiger partial charge in [-0.05, 0) is 25.0 Å². The fraction of sp³-hybridized carbons (Fsp3) is 0.550. The summed E-state index contributed by atoms with van der Waals surface area (Å²) in [7, 11) is 0. The van der Waals surface area contributed by atoms with Crippen molar-refractivity contribution < 1.29 is 14.6 Å². The van der Waals surface area contributed by atoms with E-state index in [2.05, 4.69) is 6.92 Å². The molecule has 1 aromatic carbocycles. The highest BCUT2D eigenvalue weighted by atomic mass is 16.5. The van der Waals surface area contributed by atoms with Gasteiger partial charge in [-0.1, -0.05) is 70.6 Å². The number of unbranched alkanes of at least 4 members (excludes halogenated alkanes) is 6. The second kappa shape index (κ2) is 11.8. The molecule has 128 valence electrons. The van der Waals surface area contributed by atoms with Crippen LogP contribution in [0.2, 0.25) is 0 Å². The van der Waals surface area contributed by atoms with Crippen LogP contribution in [0, 0.1) is 0 Å². The number of hydrogen-bond acceptors (Lipinski definition) is 2. The molecule has 0 unspecified atom stereocenters. The van der Waals surface area contributed by atoms with E-state index in [1.807, 2.05) is 37.3 Å². The largest absolute Gasteiger partial charge is 0.478 e. The van der Waals surface area contributed by atoms with Gasteiger partial charge in [0, 0.05) is 6.42 Å². The van der Waals surface area contributed by atoms with E-state index >= 15 is 0 Å². The molecule has 0 radical (unpaired) electrons. The third-order valence-electron chi connectivity index (χ3n) is 3.93. The Morgan fingerprint density at radius 3 is 2.13 bits per heavy atom. The van der Waals surface area contributed by atoms with Gasteiger partial charge in [-0.2, -0.15) is 0 Å². The topological polar surface area (TPSA) is 46.5 Å². The molecule has 23 heavy (non-hydrogen) atoms. The summed E-state index contributed by atoms with van der Waals surface area (Å²) in [5.74, 6) is 0.418. The average molecular weight is 318 g/mol. The molecule has 0 aliphatic heterocycles. The summed E-state index contributed by atoms with van der Waals surface area (Å²) < 4.78 is 5.80. The third-order valence-corrected chi connectivity index (χ3v) is 3.93. The van der Waals surface area contributed by atoms with E-state index in [1.54, 1.807) is 0 Å². The Balaban J connectivity index is 2.54. The molecule has 0 fully saturated rings. The summed E-state index contributed by atoms with van der Waals surface area (Å²) in [5, 5.41) is 9.49. The van der Waals surface area contributed by atoms with E-state index in [0.29, 0.717) is 29.9 Å². The number of hydrogen-bond donors (Lipinski definition) is 1. The Labute approximate surface area is 140 Å². The number of para-hydroxylation sites is 1. The first-order valence-electron chi connectivity index (χ1n) is 8.87. The summed E-state index contributed by atoms with van der Waals surface area (Å²) in [6.07, 6.45) is 9.45. The Kier molecular flexibility index (Phi) is 9.85. The fourth-order valence-electron chi connectivity index (χ4n) is 2.60. The van der Waals surface area contributed by atoms with Crippen LogP contribution in [0.15, 0.2) is 41.7 Å². The van der Waals surface area contributed by atoms with Gasteiger partial charge in [0.1, 0.15) is 11.5 Å². The quantitative estimate of drug-likeness (QED) is 0.294. The van der Waals surface area contributed by atoms with E-state index in [4.69, 9.17) is 4.74 Å². The maximum atomic E-state index is 11.6. The number of carboxylic acids is 1. The van der Waals surface area contributed by atoms with E-state index in [-0.39, 0.29) is 0 Å². The van der Waals surface area contributed by atoms with Crippen molar-refractivity contribution in [2.45, 2.75) is 71.6 Å². The standard InChI is InChI=1S/C20H30O3/c1-3-5-6-7-8-9-13-16-18(20(21)22)19(4-2)23-17-14-11-10-12-15-17/h10-12,14-15H,3-9,13,16H2,1-2H3,(H,21,22)/b19-18-. The Morgan fingerprint density at radius 1 is 0.957 bits per heavy atom. The Hall–Kier alpha value is -1.77. The summed E-state index contributed by atoms with van der Waals surface area (Å²) in [4.78, 5) is 11.6. The van der Waals surface area contributed by atoms with Gasteiger partial charge in [0.05, 0.1) is 5.57 Å². The fourth-order valence-corrected chi connectivity index (χ4v) is 2.60. The normalized spacial score (nSPS) is 11.9. The van der Waals surface area contributed by atoms with Gasteiger partial charge in [-0.25, -0.2) is 4.79 Å². The molecule has 0 saturated heterocycles. The van der Waals surface area contributed by atoms with Crippen molar-refractivity contribution in [1.82, 2.24) is 0 Å². The van der Waals surface area contributed by atoms with Gasteiger partial charge in [0.2, 0.25) is 0 Å². The molecule has 0 amide bonds. The van der Waals surface area contributed by atoms with Gasteiger partial charge in [-0.3, -0.25) is 0 Å². The van der Waals surface area contributed by atoms with Crippen LogP contribution in [0.3, 0.4) is 0 Å². The minimum absolute atomic E-state index is 0.421. The molecule has 0 heterocycles. The molecule has 0 atom stereocenters. The maximum Gasteiger partial charge on any atom is 0.334 e. The number of allylic oxidation sites excluding steroid dienone is 1. The van der Waals surface area contributed by atoms with Gasteiger partial charge in [0.25, 0.3) is 0 Å². The number of ether oxygens (including phenoxy) is 1. The minimum atomic E-state index is -0.858. The third kappa shape index (κ3) is 7.87. The van der Waals surface area contributed by atoms with Crippen LogP contribution < -0.4 is 4.74 Å². The van der Waals surface area contributed by atoms with Crippen molar-refractivity contribution in [1.29, 1.82) is 0 Å². The first kappa shape index (κ1) is 19.3. The van der Waals surface area contributed by atoms with Crippen molar-refractivity contribution in [3.63, 3.8) is 0 Å². The summed E-state index contributed by atoms with van der Waals surface area (Å²) in [6.45, 7) is 4.15. The number of benzene rings is 1. The van der Waals surface area contributed by atoms with Crippen molar-refractivity contribution in [3.8, 4) is 5.75 Å². The number of carboxylic acid groups (broad SMARTS) is 1. The van der Waals surface area contributed by atoms with E-state index in [0.717, 1.165) is 12.8 Å². The lowest BCUT2D eigenvalue weighted by atomic mass is 10.0. The first-order valence-corrected chi connectivity index (χ1v) is 8.87. The molecular weight excluding hydrogens is 288 g/mol. The zero-order chi connectivity index (χ0) is 16.9. The molecule has 1 N–H and O–H groups in total. The number of carbonyl (C=O) groups is 1. The highest BCUT2D eigenvalue weighted by Crippen LogP contribution is 2.22. The SMILES string of the molecule is CCCCCCCCC/C(C(=O)O)=C(\CC)Oc1ccccc1. The van der Waals surface area contributed by atoms with Crippen LogP contribution in [-0.2, 0) is 4.79 Å². The lowest BCUT2D eigenvalue weighted by molar-refractivity contribution is -0.133. The molecule has 0 aromatic heterocycles. The lowest BCUT2D eigenvalue weighted by Gasteiger charge is -2.12. The molecule has 0 saturated carbocycles. The molecule has 0 aliphatic carbocycles. The number of rotatable bonds is 12. The van der Waals surface area contributed by atoms with Gasteiger partial charge >= 0.3 is 5.97 Å². The molecule has 0 spiro atoms. The average Bonchev–Trinajstić information content (AvgIpc) is 2.56. The Bertz CT molecular complexity index is 477. The van der Waals surface area contributed by atoms with Gasteiger partial charge < -0.3 is 9.84 Å². The van der Waals surface area contributed by atoms with Gasteiger partial charge in [0.15, 0.2) is 0 Å². The summed E-state index contributed by atoms with van der Waals surface area (Å²) in [5.41, 5.74) is 0.421. The molecule has 3 nitrogen and oxygen atoms in total. The zero-order valence-corrected chi connectivity index (χ0v) is 14.5. The van der Waals surface area contributed by atoms with Crippen LogP contribution in [-0.4, -0.2) is 11.1 Å². The molecule has 0 aliphatic rings. The van der Waals surface area contributed by atoms with Crippen molar-refractivity contribution in [3.05, 3.63) is 41.7 Å². The van der Waals surface area contributed by atoms with E-state index in [1.165, 1.54) is 32.1 Å². The molecule has 1 rings (SSSR count). The monoisotopic (exact) mass is 318 g/mol. The van der Waals surface area contributed by atoms with Crippen LogP contribution in [0.4, 0.5) is 0 Å². The predicted octanol–water partition coefficient (Wildman–Crippen LogP) is 5.95.